The van der Waals surface area contributed by atoms with Crippen molar-refractivity contribution in [3.8, 4) is 5.75 Å². The van der Waals surface area contributed by atoms with E-state index in [1.807, 2.05) is 19.1 Å². The van der Waals surface area contributed by atoms with E-state index in [4.69, 9.17) is 19.5 Å². The molecule has 0 fully saturated rings. The standard InChI is InChI=1S/C39H53N6O5P/c1-3-4-5-6-7-8-9-10-11-12-13-14-15-16-17-18-19-20-24-27-36(46)41-28-29-49-51(47,50-35-25-22-21-23-26-35)33-48-34(2)30-45-32-44-37-38(40)42-31-43-39(37)45/h4-5,7-8,10-11,13-14,16-17,19-23,25-26,31-32,34H,3,6,9,12,15,18,24,27-30,33H2,1-2H3,(H,41,46)(H2,40,42,43)/b5-4-,8-7-,11-10-,14-13-,17-16-,20-19-/t34-,51?/m1/s1. The maximum atomic E-state index is 13.7. The molecule has 1 amide bonds. The third kappa shape index (κ3) is 17.3. The van der Waals surface area contributed by atoms with Gasteiger partial charge in [0.1, 0.15) is 17.6 Å². The smallest absolute Gasteiger partial charge is 0.404 e. The number of nitrogens with two attached hydrogens (primary N) is 1. The van der Waals surface area contributed by atoms with E-state index in [0.29, 0.717) is 42.1 Å². The summed E-state index contributed by atoms with van der Waals surface area (Å²) in [5, 5.41) is 2.81. The number of nitrogens with zero attached hydrogens (tertiary/aromatic N) is 4. The summed E-state index contributed by atoms with van der Waals surface area (Å²) in [5.74, 6) is 0.575. The van der Waals surface area contributed by atoms with Crippen LogP contribution in [0.25, 0.3) is 11.2 Å². The molecule has 3 N–H and O–H groups in total. The highest BCUT2D eigenvalue weighted by molar-refractivity contribution is 7.54. The minimum atomic E-state index is -3.73. The van der Waals surface area contributed by atoms with Crippen LogP contribution in [-0.2, 0) is 25.2 Å². The topological polar surface area (TPSA) is 143 Å². The molecule has 2 heterocycles. The summed E-state index contributed by atoms with van der Waals surface area (Å²) in [4.78, 5) is 24.8. The summed E-state index contributed by atoms with van der Waals surface area (Å²) >= 11 is 0. The molecule has 0 aliphatic carbocycles. The number of fused-ring (bicyclic) bond motifs is 1. The van der Waals surface area contributed by atoms with Crippen LogP contribution in [0.1, 0.15) is 65.2 Å². The predicted octanol–water partition coefficient (Wildman–Crippen LogP) is 8.65. The fraction of sp³-hybridized carbons (Fsp3) is 0.385. The second-order valence-corrected chi connectivity index (χ2v) is 13.5. The summed E-state index contributed by atoms with van der Waals surface area (Å²) in [7, 11) is -3.73. The van der Waals surface area contributed by atoms with Crippen LogP contribution in [0.15, 0.2) is 116 Å². The number of nitrogens with one attached hydrogen (secondary N) is 1. The van der Waals surface area contributed by atoms with E-state index < -0.39 is 7.60 Å². The number of carbonyl (C=O) groups is 1. The molecule has 0 spiro atoms. The average Bonchev–Trinajstić information content (AvgIpc) is 3.54. The van der Waals surface area contributed by atoms with Gasteiger partial charge < -0.3 is 24.9 Å². The quantitative estimate of drug-likeness (QED) is 0.0500. The molecule has 2 atom stereocenters. The Morgan fingerprint density at radius 1 is 0.882 bits per heavy atom. The van der Waals surface area contributed by atoms with Crippen molar-refractivity contribution in [1.29, 1.82) is 0 Å². The lowest BCUT2D eigenvalue weighted by Gasteiger charge is -2.22. The number of carbonyl (C=O) groups excluding carboxylic acids is 1. The molecular weight excluding hydrogens is 663 g/mol. The molecule has 3 aromatic rings. The van der Waals surface area contributed by atoms with Gasteiger partial charge in [-0.3, -0.25) is 9.32 Å². The molecule has 1 aromatic carbocycles. The van der Waals surface area contributed by atoms with Crippen molar-refractivity contribution in [3.63, 3.8) is 0 Å². The largest absolute Gasteiger partial charge is 0.423 e. The van der Waals surface area contributed by atoms with Gasteiger partial charge in [-0.15, -0.1) is 0 Å². The first-order chi connectivity index (χ1) is 24.9. The fourth-order valence-electron chi connectivity index (χ4n) is 4.63. The van der Waals surface area contributed by atoms with Crippen molar-refractivity contribution in [2.75, 3.05) is 25.2 Å². The number of imidazole rings is 1. The molecule has 0 aliphatic rings. The maximum absolute atomic E-state index is 13.7. The Bertz CT molecular complexity index is 1660. The van der Waals surface area contributed by atoms with E-state index in [1.54, 1.807) is 35.2 Å². The summed E-state index contributed by atoms with van der Waals surface area (Å²) in [6.07, 6.45) is 34.9. The monoisotopic (exact) mass is 716 g/mol. The van der Waals surface area contributed by atoms with Crippen LogP contribution < -0.4 is 15.6 Å². The lowest BCUT2D eigenvalue weighted by molar-refractivity contribution is -0.121. The van der Waals surface area contributed by atoms with E-state index in [0.717, 1.165) is 38.5 Å². The van der Waals surface area contributed by atoms with E-state index in [1.165, 1.54) is 6.33 Å². The van der Waals surface area contributed by atoms with E-state index in [2.05, 4.69) is 94.0 Å². The van der Waals surface area contributed by atoms with E-state index in [9.17, 15) is 9.36 Å². The van der Waals surface area contributed by atoms with Crippen LogP contribution in [0.2, 0.25) is 0 Å². The summed E-state index contributed by atoms with van der Waals surface area (Å²) in [5.41, 5.74) is 6.97. The number of ether oxygens (including phenoxy) is 1. The first kappa shape index (κ1) is 40.9. The molecule has 274 valence electrons. The number of anilines is 1. The first-order valence-electron chi connectivity index (χ1n) is 17.6. The number of hydrogen-bond donors (Lipinski definition) is 2. The zero-order valence-electron chi connectivity index (χ0n) is 29.9. The number of aromatic nitrogens is 4. The van der Waals surface area contributed by atoms with Gasteiger partial charge in [-0.05, 0) is 64.0 Å². The zero-order chi connectivity index (χ0) is 36.4. The summed E-state index contributed by atoms with van der Waals surface area (Å²) in [6.45, 7) is 4.54. The molecule has 3 rings (SSSR count). The van der Waals surface area contributed by atoms with Gasteiger partial charge in [-0.2, -0.15) is 0 Å². The van der Waals surface area contributed by atoms with Crippen molar-refractivity contribution in [2.45, 2.75) is 77.9 Å². The van der Waals surface area contributed by atoms with Gasteiger partial charge in [0, 0.05) is 13.0 Å². The van der Waals surface area contributed by atoms with Crippen LogP contribution in [0.4, 0.5) is 5.82 Å². The Balaban J connectivity index is 1.30. The first-order valence-corrected chi connectivity index (χ1v) is 19.3. The molecule has 0 bridgehead atoms. The van der Waals surface area contributed by atoms with Gasteiger partial charge >= 0.3 is 7.60 Å². The van der Waals surface area contributed by atoms with E-state index in [-0.39, 0.29) is 31.5 Å². The number of allylic oxidation sites excluding steroid dienone is 12. The zero-order valence-corrected chi connectivity index (χ0v) is 30.8. The lowest BCUT2D eigenvalue weighted by Crippen LogP contribution is -2.27. The molecule has 1 unspecified atom stereocenters. The lowest BCUT2D eigenvalue weighted by atomic mass is 10.2. The number of benzene rings is 1. The van der Waals surface area contributed by atoms with Gasteiger partial charge in [-0.1, -0.05) is 98.0 Å². The van der Waals surface area contributed by atoms with Gasteiger partial charge in [0.05, 0.1) is 25.6 Å². The fourth-order valence-corrected chi connectivity index (χ4v) is 6.06. The number of nitrogen functional groups attached to an aromatic ring is 1. The average molecular weight is 717 g/mol. The number of hydrogen-bond acceptors (Lipinski definition) is 9. The second-order valence-electron chi connectivity index (χ2n) is 11.6. The minimum Gasteiger partial charge on any atom is -0.423 e. The Morgan fingerprint density at radius 2 is 1.49 bits per heavy atom. The van der Waals surface area contributed by atoms with Crippen molar-refractivity contribution < 1.29 is 23.1 Å². The third-order valence-electron chi connectivity index (χ3n) is 7.24. The number of rotatable bonds is 25. The minimum absolute atomic E-state index is 0.00411. The van der Waals surface area contributed by atoms with Gasteiger partial charge in [0.2, 0.25) is 5.91 Å². The van der Waals surface area contributed by atoms with Crippen LogP contribution in [0, 0.1) is 0 Å². The molecule has 0 aliphatic heterocycles. The maximum Gasteiger partial charge on any atom is 0.404 e. The number of amides is 1. The molecule has 0 radical (unpaired) electrons. The molecular formula is C39H53N6O5P. The highest BCUT2D eigenvalue weighted by Gasteiger charge is 2.28. The Kier molecular flexibility index (Phi) is 19.7. The summed E-state index contributed by atoms with van der Waals surface area (Å²) in [6, 6.07) is 8.77. The van der Waals surface area contributed by atoms with Gasteiger partial charge in [0.25, 0.3) is 0 Å². The molecule has 11 nitrogen and oxygen atoms in total. The van der Waals surface area contributed by atoms with Crippen molar-refractivity contribution >= 4 is 30.5 Å². The van der Waals surface area contributed by atoms with Gasteiger partial charge in [0.15, 0.2) is 17.8 Å². The summed E-state index contributed by atoms with van der Waals surface area (Å²) < 4.78 is 32.9. The van der Waals surface area contributed by atoms with Crippen LogP contribution in [-0.4, -0.2) is 51.0 Å². The van der Waals surface area contributed by atoms with Crippen molar-refractivity contribution in [1.82, 2.24) is 24.8 Å². The second kappa shape index (κ2) is 24.6. The van der Waals surface area contributed by atoms with Gasteiger partial charge in [-0.25, -0.2) is 19.5 Å². The molecule has 12 heteroatoms. The van der Waals surface area contributed by atoms with Crippen molar-refractivity contribution in [2.24, 2.45) is 0 Å². The van der Waals surface area contributed by atoms with Crippen molar-refractivity contribution in [3.05, 3.63) is 116 Å². The number of para-hydroxylation sites is 1. The highest BCUT2D eigenvalue weighted by atomic mass is 31.2. The van der Waals surface area contributed by atoms with Crippen LogP contribution >= 0.6 is 7.60 Å². The SMILES string of the molecule is CC/C=C\C/C=C\C/C=C\C/C=C\C/C=C\C/C=C\CCC(=O)NCCOP(=O)(CO[C@H](C)Cn1cnc2c(N)ncnc21)Oc1ccccc1. The highest BCUT2D eigenvalue weighted by Crippen LogP contribution is 2.48. The Morgan fingerprint density at radius 3 is 2.12 bits per heavy atom. The molecule has 2 aromatic heterocycles. The predicted molar refractivity (Wildman–Crippen MR) is 206 cm³/mol. The third-order valence-corrected chi connectivity index (χ3v) is 8.77. The normalized spacial score (nSPS) is 14.2. The molecule has 51 heavy (non-hydrogen) atoms. The Labute approximate surface area is 302 Å². The molecule has 0 saturated heterocycles. The van der Waals surface area contributed by atoms with Crippen LogP contribution in [0.3, 0.4) is 0 Å². The molecule has 0 saturated carbocycles. The van der Waals surface area contributed by atoms with E-state index >= 15 is 0 Å². The van der Waals surface area contributed by atoms with Crippen LogP contribution in [0.5, 0.6) is 5.75 Å². The Hall–Kier alpha value is -4.57.